The van der Waals surface area contributed by atoms with Gasteiger partial charge in [0.05, 0.1) is 12.0 Å². The topological polar surface area (TPSA) is 83.8 Å². The highest BCUT2D eigenvalue weighted by atomic mass is 16.5. The molecule has 0 radical (unpaired) electrons. The summed E-state index contributed by atoms with van der Waals surface area (Å²) in [6.45, 7) is 15.2. The molecule has 0 amide bonds. The number of phenolic OH excluding ortho intramolecular Hbond substituents is 1. The van der Waals surface area contributed by atoms with Gasteiger partial charge in [0.1, 0.15) is 5.75 Å². The first-order valence-electron chi connectivity index (χ1n) is 17.3. The van der Waals surface area contributed by atoms with Gasteiger partial charge in [-0.05, 0) is 133 Å². The summed E-state index contributed by atoms with van der Waals surface area (Å²) < 4.78 is 5.79. The van der Waals surface area contributed by atoms with E-state index >= 15 is 0 Å². The number of hydrogen-bond acceptors (Lipinski definition) is 4. The van der Waals surface area contributed by atoms with E-state index < -0.39 is 11.4 Å². The molecule has 1 aromatic carbocycles. The average molecular weight is 603 g/mol. The Morgan fingerprint density at radius 2 is 1.66 bits per heavy atom. The fraction of sp³-hybridized carbons (Fsp3) is 0.692. The number of aliphatic carboxylic acids is 1. The summed E-state index contributed by atoms with van der Waals surface area (Å²) in [6.07, 6.45) is 16.3. The number of carboxylic acids is 1. The predicted molar refractivity (Wildman–Crippen MR) is 174 cm³/mol. The molecule has 1 aromatic rings. The molecule has 5 nitrogen and oxygen atoms in total. The van der Waals surface area contributed by atoms with Crippen molar-refractivity contribution in [2.24, 2.45) is 56.7 Å². The molecule has 2 N–H and O–H groups in total. The van der Waals surface area contributed by atoms with Crippen molar-refractivity contribution in [1.29, 1.82) is 0 Å². The first-order chi connectivity index (χ1) is 20.7. The summed E-state index contributed by atoms with van der Waals surface area (Å²) in [5.74, 6) is 0.732. The van der Waals surface area contributed by atoms with Crippen LogP contribution in [0.5, 0.6) is 5.75 Å². The van der Waals surface area contributed by atoms with Gasteiger partial charge >= 0.3 is 11.9 Å². The van der Waals surface area contributed by atoms with Crippen molar-refractivity contribution in [2.45, 2.75) is 106 Å². The highest BCUT2D eigenvalue weighted by Crippen LogP contribution is 2.75. The molecule has 240 valence electrons. The summed E-state index contributed by atoms with van der Waals surface area (Å²) in [5.41, 5.74) is 2.33. The van der Waals surface area contributed by atoms with Gasteiger partial charge in [0.2, 0.25) is 0 Å². The van der Waals surface area contributed by atoms with Crippen molar-refractivity contribution in [1.82, 2.24) is 0 Å². The maximum absolute atomic E-state index is 13.2. The Morgan fingerprint density at radius 1 is 0.932 bits per heavy atom. The number of benzene rings is 1. The van der Waals surface area contributed by atoms with Crippen LogP contribution < -0.4 is 0 Å². The molecule has 0 unspecified atom stereocenters. The normalized spacial score (nSPS) is 42.7. The molecular formula is C39H54O5. The third-order valence-electron chi connectivity index (χ3n) is 14.7. The largest absolute Gasteiger partial charge is 0.508 e. The van der Waals surface area contributed by atoms with E-state index in [1.807, 2.05) is 0 Å². The lowest BCUT2D eigenvalue weighted by Crippen LogP contribution is -2.64. The van der Waals surface area contributed by atoms with Crippen molar-refractivity contribution in [3.63, 3.8) is 0 Å². The number of phenols is 1. The van der Waals surface area contributed by atoms with Crippen LogP contribution in [-0.2, 0) is 14.3 Å². The highest BCUT2D eigenvalue weighted by Gasteiger charge is 2.69. The minimum Gasteiger partial charge on any atom is -0.508 e. The van der Waals surface area contributed by atoms with Gasteiger partial charge in [-0.2, -0.15) is 0 Å². The quantitative estimate of drug-likeness (QED) is 0.200. The Bertz CT molecular complexity index is 1360. The van der Waals surface area contributed by atoms with Crippen molar-refractivity contribution >= 4 is 18.0 Å². The number of rotatable bonds is 5. The van der Waals surface area contributed by atoms with Crippen molar-refractivity contribution < 1.29 is 24.5 Å². The Labute approximate surface area is 264 Å². The molecule has 4 saturated carbocycles. The number of allylic oxidation sites excluding steroid dienone is 2. The summed E-state index contributed by atoms with van der Waals surface area (Å²) in [7, 11) is 0. The van der Waals surface area contributed by atoms with Crippen LogP contribution in [0, 0.1) is 56.7 Å². The zero-order valence-corrected chi connectivity index (χ0v) is 27.8. The zero-order valence-electron chi connectivity index (χ0n) is 27.8. The molecular weight excluding hydrogens is 548 g/mol. The van der Waals surface area contributed by atoms with Crippen LogP contribution in [0.4, 0.5) is 0 Å². The number of carbonyl (C=O) groups is 2. The van der Waals surface area contributed by atoms with Gasteiger partial charge in [0.15, 0.2) is 0 Å². The number of fused-ring (bicyclic) bond motifs is 7. The van der Waals surface area contributed by atoms with E-state index in [4.69, 9.17) is 4.74 Å². The van der Waals surface area contributed by atoms with Crippen LogP contribution in [0.15, 0.2) is 42.0 Å². The second kappa shape index (κ2) is 10.8. The Hall–Kier alpha value is -2.56. The second-order valence-electron chi connectivity index (χ2n) is 16.8. The molecule has 4 fully saturated rings. The molecule has 5 aliphatic carbocycles. The van der Waals surface area contributed by atoms with Crippen LogP contribution in [0.1, 0.15) is 111 Å². The second-order valence-corrected chi connectivity index (χ2v) is 16.8. The summed E-state index contributed by atoms with van der Waals surface area (Å²) in [6, 6.07) is 6.68. The number of carbonyl (C=O) groups excluding carboxylic acids is 1. The lowest BCUT2D eigenvalue weighted by atomic mass is 9.33. The number of ether oxygens (including phenoxy) is 1. The van der Waals surface area contributed by atoms with Gasteiger partial charge in [0, 0.05) is 6.08 Å². The van der Waals surface area contributed by atoms with E-state index in [1.165, 1.54) is 43.8 Å². The number of carboxylic acid groups (broad SMARTS) is 1. The predicted octanol–water partition coefficient (Wildman–Crippen LogP) is 9.06. The zero-order chi connectivity index (χ0) is 31.7. The van der Waals surface area contributed by atoms with Crippen LogP contribution in [-0.4, -0.2) is 28.8 Å². The van der Waals surface area contributed by atoms with Gasteiger partial charge in [0.25, 0.3) is 0 Å². The molecule has 0 heterocycles. The number of esters is 1. The first-order valence-corrected chi connectivity index (χ1v) is 17.3. The van der Waals surface area contributed by atoms with E-state index in [9.17, 15) is 19.8 Å². The lowest BCUT2D eigenvalue weighted by Gasteiger charge is -2.71. The van der Waals surface area contributed by atoms with Gasteiger partial charge in [-0.15, -0.1) is 0 Å². The molecule has 0 bridgehead atoms. The Morgan fingerprint density at radius 3 is 2.36 bits per heavy atom. The number of hydrogen-bond donors (Lipinski definition) is 2. The maximum Gasteiger partial charge on any atom is 0.330 e. The van der Waals surface area contributed by atoms with Crippen LogP contribution in [0.3, 0.4) is 0 Å². The van der Waals surface area contributed by atoms with Crippen LogP contribution in [0.2, 0.25) is 0 Å². The molecule has 0 spiro atoms. The van der Waals surface area contributed by atoms with Crippen LogP contribution in [0.25, 0.3) is 6.08 Å². The summed E-state index contributed by atoms with van der Waals surface area (Å²) in [5, 5.41) is 20.3. The first kappa shape index (κ1) is 31.4. The van der Waals surface area contributed by atoms with E-state index in [0.29, 0.717) is 29.8 Å². The standard InChI is InChI=1S/C39H54O5/c1-25-27(24-44-32(41)15-10-26-8-11-28(40)12-9-26)16-21-39(34(42)43)23-22-37(5)29(33(25)39)13-14-31-36(4)19-7-18-35(2,3)30(36)17-20-38(31,37)6/h8-13,15,25,27,30-31,33,40H,7,14,16-24H2,1-6H3,(H,42,43)/b15-10-/t25-,27-,30-,31+,33-,36-,37+,38+,39-/m0/s1. The molecule has 0 aliphatic heterocycles. The molecule has 5 aliphatic rings. The maximum atomic E-state index is 13.2. The Kier molecular flexibility index (Phi) is 7.69. The van der Waals surface area contributed by atoms with E-state index in [2.05, 4.69) is 47.6 Å². The monoisotopic (exact) mass is 602 g/mol. The third kappa shape index (κ3) is 4.61. The third-order valence-corrected chi connectivity index (χ3v) is 14.7. The average Bonchev–Trinajstić information content (AvgIpc) is 2.96. The Balaban J connectivity index is 1.27. The van der Waals surface area contributed by atoms with Gasteiger partial charge in [-0.3, -0.25) is 4.79 Å². The van der Waals surface area contributed by atoms with Crippen molar-refractivity contribution in [2.75, 3.05) is 6.61 Å². The molecule has 5 heteroatoms. The fourth-order valence-corrected chi connectivity index (χ4v) is 12.1. The fourth-order valence-electron chi connectivity index (χ4n) is 12.1. The molecule has 6 rings (SSSR count). The van der Waals surface area contributed by atoms with Crippen molar-refractivity contribution in [3.05, 3.63) is 47.6 Å². The van der Waals surface area contributed by atoms with E-state index in [1.54, 1.807) is 30.3 Å². The smallest absolute Gasteiger partial charge is 0.330 e. The lowest BCUT2D eigenvalue weighted by molar-refractivity contribution is -0.190. The van der Waals surface area contributed by atoms with E-state index in [-0.39, 0.29) is 40.3 Å². The minimum atomic E-state index is -0.735. The molecule has 44 heavy (non-hydrogen) atoms. The highest BCUT2D eigenvalue weighted by molar-refractivity contribution is 5.87. The molecule has 0 aromatic heterocycles. The van der Waals surface area contributed by atoms with Gasteiger partial charge < -0.3 is 14.9 Å². The number of aromatic hydroxyl groups is 1. The van der Waals surface area contributed by atoms with Crippen molar-refractivity contribution in [3.8, 4) is 5.75 Å². The van der Waals surface area contributed by atoms with Crippen LogP contribution >= 0.6 is 0 Å². The molecule has 0 saturated heterocycles. The molecule has 9 atom stereocenters. The summed E-state index contributed by atoms with van der Waals surface area (Å²) in [4.78, 5) is 25.9. The van der Waals surface area contributed by atoms with Gasteiger partial charge in [-0.1, -0.05) is 71.7 Å². The minimum absolute atomic E-state index is 0.0191. The van der Waals surface area contributed by atoms with Gasteiger partial charge in [-0.25, -0.2) is 4.79 Å². The summed E-state index contributed by atoms with van der Waals surface area (Å²) >= 11 is 0. The van der Waals surface area contributed by atoms with E-state index in [0.717, 1.165) is 37.2 Å². The SMILES string of the molecule is C[C@H]1[C@H](COC(=O)/C=C\c2ccc(O)cc2)CC[C@]2(C(=O)O)CC[C@]3(C)C(=CC[C@@H]4[C@@]5(C)CCCC(C)(C)[C@@H]5CC[C@]43C)[C@H]12.